The zero-order valence-corrected chi connectivity index (χ0v) is 16.8. The van der Waals surface area contributed by atoms with Crippen LogP contribution in [0.3, 0.4) is 0 Å². The van der Waals surface area contributed by atoms with Crippen molar-refractivity contribution >= 4 is 11.9 Å². The number of aromatic nitrogens is 3. The fourth-order valence-electron chi connectivity index (χ4n) is 2.82. The Kier molecular flexibility index (Phi) is 5.44. The Morgan fingerprint density at radius 2 is 1.90 bits per heavy atom. The number of hydrogen-bond acceptors (Lipinski definition) is 9. The van der Waals surface area contributed by atoms with E-state index in [9.17, 15) is 15.0 Å². The number of anilines is 1. The molecule has 29 heavy (non-hydrogen) atoms. The van der Waals surface area contributed by atoms with Gasteiger partial charge in [-0.15, -0.1) is 0 Å². The van der Waals surface area contributed by atoms with E-state index >= 15 is 0 Å². The molecule has 3 N–H and O–H groups in total. The minimum absolute atomic E-state index is 0.0194. The summed E-state index contributed by atoms with van der Waals surface area (Å²) in [5.41, 5.74) is 0.998. The van der Waals surface area contributed by atoms with Crippen LogP contribution >= 0.6 is 0 Å². The molecule has 0 aliphatic rings. The zero-order chi connectivity index (χ0) is 21.3. The van der Waals surface area contributed by atoms with Crippen molar-refractivity contribution in [3.63, 3.8) is 0 Å². The van der Waals surface area contributed by atoms with Crippen LogP contribution in [0.1, 0.15) is 42.7 Å². The molecule has 0 aliphatic carbocycles. The Morgan fingerprint density at radius 1 is 1.17 bits per heavy atom. The number of benzene rings is 1. The second-order valence-corrected chi connectivity index (χ2v) is 6.97. The van der Waals surface area contributed by atoms with E-state index in [0.717, 1.165) is 0 Å². The van der Waals surface area contributed by atoms with Gasteiger partial charge < -0.3 is 29.5 Å². The van der Waals surface area contributed by atoms with Crippen LogP contribution in [0, 0.1) is 0 Å². The third-order valence-electron chi connectivity index (χ3n) is 4.28. The number of amides is 1. The maximum Gasteiger partial charge on any atom is 0.323 e. The molecule has 0 saturated carbocycles. The molecule has 0 spiro atoms. The van der Waals surface area contributed by atoms with Gasteiger partial charge in [-0.25, -0.2) is 0 Å². The van der Waals surface area contributed by atoms with Crippen molar-refractivity contribution in [2.75, 3.05) is 25.5 Å². The number of aromatic hydroxyl groups is 2. The van der Waals surface area contributed by atoms with Crippen LogP contribution < -0.4 is 10.2 Å². The largest absolute Gasteiger partial charge is 0.508 e. The van der Waals surface area contributed by atoms with Gasteiger partial charge in [-0.3, -0.25) is 4.79 Å². The molecule has 0 unspecified atom stereocenters. The van der Waals surface area contributed by atoms with E-state index in [0.29, 0.717) is 12.1 Å². The summed E-state index contributed by atoms with van der Waals surface area (Å²) in [5.74, 6) is -0.588. The van der Waals surface area contributed by atoms with Crippen LogP contribution in [-0.4, -0.2) is 52.1 Å². The fourth-order valence-corrected chi connectivity index (χ4v) is 2.82. The maximum atomic E-state index is 12.5. The number of phenols is 2. The van der Waals surface area contributed by atoms with E-state index in [1.807, 2.05) is 13.8 Å². The molecule has 3 rings (SSSR count). The Bertz CT molecular complexity index is 1040. The SMILES string of the molecule is CCNC(=O)c1noc(-c2cc(C(C)C)c(O)cc2O)c1-c1noc(N(C)C)n1. The summed E-state index contributed by atoms with van der Waals surface area (Å²) < 4.78 is 10.6. The predicted octanol–water partition coefficient (Wildman–Crippen LogP) is 2.74. The molecule has 0 fully saturated rings. The molecule has 2 aromatic heterocycles. The number of nitrogens with one attached hydrogen (secondary N) is 1. The fraction of sp³-hybridized carbons (Fsp3) is 0.368. The lowest BCUT2D eigenvalue weighted by atomic mass is 9.96. The first-order valence-corrected chi connectivity index (χ1v) is 9.10. The monoisotopic (exact) mass is 401 g/mol. The maximum absolute atomic E-state index is 12.5. The van der Waals surface area contributed by atoms with Crippen molar-refractivity contribution in [3.05, 3.63) is 23.4 Å². The van der Waals surface area contributed by atoms with Crippen molar-refractivity contribution in [2.45, 2.75) is 26.7 Å². The summed E-state index contributed by atoms with van der Waals surface area (Å²) >= 11 is 0. The number of phenolic OH excluding ortho intramolecular Hbond substituents is 2. The highest BCUT2D eigenvalue weighted by molar-refractivity contribution is 6.01. The van der Waals surface area contributed by atoms with E-state index in [4.69, 9.17) is 9.05 Å². The minimum Gasteiger partial charge on any atom is -0.508 e. The lowest BCUT2D eigenvalue weighted by molar-refractivity contribution is 0.0947. The van der Waals surface area contributed by atoms with Crippen LogP contribution in [0.5, 0.6) is 11.5 Å². The molecular weight excluding hydrogens is 378 g/mol. The van der Waals surface area contributed by atoms with E-state index in [2.05, 4.69) is 20.6 Å². The average molecular weight is 401 g/mol. The van der Waals surface area contributed by atoms with E-state index < -0.39 is 5.91 Å². The topological polar surface area (TPSA) is 138 Å². The summed E-state index contributed by atoms with van der Waals surface area (Å²) in [6.07, 6.45) is 0. The van der Waals surface area contributed by atoms with Gasteiger partial charge in [0.15, 0.2) is 11.5 Å². The molecule has 1 amide bonds. The lowest BCUT2D eigenvalue weighted by Gasteiger charge is -2.11. The number of carbonyl (C=O) groups is 1. The van der Waals surface area contributed by atoms with Gasteiger partial charge in [-0.1, -0.05) is 24.2 Å². The second-order valence-electron chi connectivity index (χ2n) is 6.97. The van der Waals surface area contributed by atoms with Gasteiger partial charge in [0.1, 0.15) is 17.1 Å². The van der Waals surface area contributed by atoms with Gasteiger partial charge in [-0.05, 0) is 24.5 Å². The number of rotatable bonds is 6. The van der Waals surface area contributed by atoms with Crippen LogP contribution in [0.4, 0.5) is 6.01 Å². The van der Waals surface area contributed by atoms with E-state index in [-0.39, 0.29) is 51.8 Å². The Morgan fingerprint density at radius 3 is 2.48 bits per heavy atom. The standard InChI is InChI=1S/C19H23N5O5/c1-6-20-18(27)15-14(17-21-19(24(4)5)29-23-17)16(28-22-15)11-7-10(9(2)3)12(25)8-13(11)26/h7-9,25-26H,6H2,1-5H3,(H,20,27). The van der Waals surface area contributed by atoms with Crippen molar-refractivity contribution < 1.29 is 24.1 Å². The quantitative estimate of drug-likeness (QED) is 0.569. The summed E-state index contributed by atoms with van der Waals surface area (Å²) in [5, 5.41) is 31.1. The van der Waals surface area contributed by atoms with Gasteiger partial charge in [0.25, 0.3) is 5.91 Å². The second kappa shape index (κ2) is 7.82. The molecule has 3 aromatic rings. The molecule has 0 bridgehead atoms. The van der Waals surface area contributed by atoms with Gasteiger partial charge >= 0.3 is 6.01 Å². The Balaban J connectivity index is 2.25. The lowest BCUT2D eigenvalue weighted by Crippen LogP contribution is -2.23. The first-order valence-electron chi connectivity index (χ1n) is 9.10. The molecule has 2 heterocycles. The van der Waals surface area contributed by atoms with Crippen LogP contribution in [-0.2, 0) is 0 Å². The van der Waals surface area contributed by atoms with Crippen LogP contribution in [0.2, 0.25) is 0 Å². The third-order valence-corrected chi connectivity index (χ3v) is 4.28. The highest BCUT2D eigenvalue weighted by Gasteiger charge is 2.30. The molecule has 1 aromatic carbocycles. The summed E-state index contributed by atoms with van der Waals surface area (Å²) in [4.78, 5) is 18.4. The van der Waals surface area contributed by atoms with Crippen LogP contribution in [0.15, 0.2) is 21.2 Å². The smallest absolute Gasteiger partial charge is 0.323 e. The molecule has 154 valence electrons. The molecule has 0 aliphatic heterocycles. The zero-order valence-electron chi connectivity index (χ0n) is 16.8. The molecule has 10 heteroatoms. The van der Waals surface area contributed by atoms with Gasteiger partial charge in [-0.2, -0.15) is 4.98 Å². The number of nitrogens with zero attached hydrogens (tertiary/aromatic N) is 4. The molecule has 10 nitrogen and oxygen atoms in total. The Hall–Kier alpha value is -3.56. The number of hydrogen-bond donors (Lipinski definition) is 3. The minimum atomic E-state index is -0.476. The van der Waals surface area contributed by atoms with Crippen molar-refractivity contribution in [1.29, 1.82) is 0 Å². The average Bonchev–Trinajstić information content (AvgIpc) is 3.28. The first-order chi connectivity index (χ1) is 13.7. The summed E-state index contributed by atoms with van der Waals surface area (Å²) in [6.45, 7) is 5.97. The van der Waals surface area contributed by atoms with Crippen molar-refractivity contribution in [2.24, 2.45) is 0 Å². The first kappa shape index (κ1) is 20.2. The van der Waals surface area contributed by atoms with E-state index in [1.54, 1.807) is 32.0 Å². The highest BCUT2D eigenvalue weighted by Crippen LogP contribution is 2.42. The summed E-state index contributed by atoms with van der Waals surface area (Å²) in [6, 6.07) is 3.05. The molecule has 0 atom stereocenters. The number of carbonyl (C=O) groups excluding carboxylic acids is 1. The van der Waals surface area contributed by atoms with Crippen LogP contribution in [0.25, 0.3) is 22.7 Å². The Labute approximate surface area is 167 Å². The predicted molar refractivity (Wildman–Crippen MR) is 105 cm³/mol. The molecular formula is C19H23N5O5. The van der Waals surface area contributed by atoms with E-state index in [1.165, 1.54) is 6.07 Å². The van der Waals surface area contributed by atoms with Crippen molar-refractivity contribution in [1.82, 2.24) is 20.6 Å². The summed E-state index contributed by atoms with van der Waals surface area (Å²) in [7, 11) is 3.47. The highest BCUT2D eigenvalue weighted by atomic mass is 16.5. The van der Waals surface area contributed by atoms with Gasteiger partial charge in [0, 0.05) is 26.7 Å². The molecule has 0 radical (unpaired) electrons. The van der Waals surface area contributed by atoms with Gasteiger partial charge in [0.05, 0.1) is 5.56 Å². The van der Waals surface area contributed by atoms with Crippen molar-refractivity contribution in [3.8, 4) is 34.2 Å². The normalized spacial score (nSPS) is 11.1. The van der Waals surface area contributed by atoms with Gasteiger partial charge in [0.2, 0.25) is 5.82 Å². The molecule has 0 saturated heterocycles. The third kappa shape index (κ3) is 3.73.